The SMILES string of the molecule is Cc1nc(NCC(C)(C)C(N)=O)sc1C(=O)O. The van der Waals surface area contributed by atoms with E-state index in [1.54, 1.807) is 20.8 Å². The molecule has 4 N–H and O–H groups in total. The van der Waals surface area contributed by atoms with Gasteiger partial charge in [0.25, 0.3) is 0 Å². The predicted octanol–water partition coefficient (Wildman–Crippen LogP) is 1.07. The monoisotopic (exact) mass is 257 g/mol. The van der Waals surface area contributed by atoms with Gasteiger partial charge >= 0.3 is 5.97 Å². The number of nitrogens with two attached hydrogens (primary N) is 1. The largest absolute Gasteiger partial charge is 0.477 e. The van der Waals surface area contributed by atoms with Crippen molar-refractivity contribution in [1.82, 2.24) is 4.98 Å². The molecule has 1 aromatic heterocycles. The molecule has 1 rings (SSSR count). The van der Waals surface area contributed by atoms with Crippen molar-refractivity contribution in [3.63, 3.8) is 0 Å². The number of anilines is 1. The highest BCUT2D eigenvalue weighted by atomic mass is 32.1. The normalized spacial score (nSPS) is 11.2. The summed E-state index contributed by atoms with van der Waals surface area (Å²) in [7, 11) is 0. The minimum Gasteiger partial charge on any atom is -0.477 e. The van der Waals surface area contributed by atoms with Crippen LogP contribution in [0.5, 0.6) is 0 Å². The van der Waals surface area contributed by atoms with Crippen molar-refractivity contribution in [2.24, 2.45) is 11.1 Å². The molecule has 1 amide bonds. The van der Waals surface area contributed by atoms with Crippen LogP contribution in [0.4, 0.5) is 5.13 Å². The molecule has 0 saturated carbocycles. The van der Waals surface area contributed by atoms with Crippen molar-refractivity contribution in [2.75, 3.05) is 11.9 Å². The molecule has 0 aliphatic carbocycles. The molecule has 0 aliphatic rings. The second-order valence-electron chi connectivity index (χ2n) is 4.34. The highest BCUT2D eigenvalue weighted by Crippen LogP contribution is 2.24. The zero-order valence-corrected chi connectivity index (χ0v) is 10.7. The number of rotatable bonds is 5. The van der Waals surface area contributed by atoms with Crippen molar-refractivity contribution < 1.29 is 14.7 Å². The Morgan fingerprint density at radius 3 is 2.53 bits per heavy atom. The van der Waals surface area contributed by atoms with E-state index >= 15 is 0 Å². The number of carboxylic acid groups (broad SMARTS) is 1. The Bertz CT molecular complexity index is 454. The highest BCUT2D eigenvalue weighted by molar-refractivity contribution is 7.17. The third kappa shape index (κ3) is 3.16. The minimum absolute atomic E-state index is 0.199. The molecule has 0 saturated heterocycles. The first-order valence-electron chi connectivity index (χ1n) is 4.98. The number of amides is 1. The number of nitrogens with one attached hydrogen (secondary N) is 1. The molecule has 0 aliphatic heterocycles. The van der Waals surface area contributed by atoms with Crippen LogP contribution in [0.1, 0.15) is 29.2 Å². The number of carboxylic acids is 1. The van der Waals surface area contributed by atoms with E-state index in [1.165, 1.54) is 0 Å². The lowest BCUT2D eigenvalue weighted by Crippen LogP contribution is -2.37. The van der Waals surface area contributed by atoms with Crippen molar-refractivity contribution >= 4 is 28.3 Å². The summed E-state index contributed by atoms with van der Waals surface area (Å²) in [5, 5.41) is 12.3. The molecule has 1 aromatic rings. The van der Waals surface area contributed by atoms with Gasteiger partial charge in [-0.05, 0) is 20.8 Å². The molecule has 1 heterocycles. The summed E-state index contributed by atoms with van der Waals surface area (Å²) in [4.78, 5) is 26.2. The molecule has 0 spiro atoms. The van der Waals surface area contributed by atoms with Crippen LogP contribution in [0.2, 0.25) is 0 Å². The zero-order valence-electron chi connectivity index (χ0n) is 9.90. The number of primary amides is 1. The van der Waals surface area contributed by atoms with Crippen LogP contribution in [0, 0.1) is 12.3 Å². The predicted molar refractivity (Wildman–Crippen MR) is 65.3 cm³/mol. The van der Waals surface area contributed by atoms with Gasteiger partial charge in [0.05, 0.1) is 11.1 Å². The van der Waals surface area contributed by atoms with E-state index in [0.29, 0.717) is 17.4 Å². The maximum atomic E-state index is 11.1. The molecule has 0 fully saturated rings. The quantitative estimate of drug-likeness (QED) is 0.731. The first-order valence-corrected chi connectivity index (χ1v) is 5.80. The number of aromatic carboxylic acids is 1. The van der Waals surface area contributed by atoms with Crippen LogP contribution in [-0.2, 0) is 4.79 Å². The number of aryl methyl sites for hydroxylation is 1. The lowest BCUT2D eigenvalue weighted by atomic mass is 9.93. The van der Waals surface area contributed by atoms with Gasteiger partial charge in [0.15, 0.2) is 5.13 Å². The fraction of sp³-hybridized carbons (Fsp3) is 0.500. The summed E-state index contributed by atoms with van der Waals surface area (Å²) in [5.74, 6) is -1.42. The summed E-state index contributed by atoms with van der Waals surface area (Å²) in [6.45, 7) is 5.36. The Kier molecular flexibility index (Phi) is 3.72. The lowest BCUT2D eigenvalue weighted by Gasteiger charge is -2.20. The van der Waals surface area contributed by atoms with Crippen molar-refractivity contribution in [1.29, 1.82) is 0 Å². The number of hydrogen-bond acceptors (Lipinski definition) is 5. The van der Waals surface area contributed by atoms with Gasteiger partial charge in [-0.2, -0.15) is 0 Å². The van der Waals surface area contributed by atoms with Gasteiger partial charge in [-0.25, -0.2) is 9.78 Å². The molecule has 94 valence electrons. The Morgan fingerprint density at radius 2 is 2.12 bits per heavy atom. The van der Waals surface area contributed by atoms with Gasteiger partial charge in [-0.3, -0.25) is 4.79 Å². The van der Waals surface area contributed by atoms with Gasteiger partial charge in [-0.1, -0.05) is 11.3 Å². The molecular formula is C10H15N3O3S. The number of hydrogen-bond donors (Lipinski definition) is 3. The van der Waals surface area contributed by atoms with Crippen LogP contribution in [0.15, 0.2) is 0 Å². The number of thiazole rings is 1. The zero-order chi connectivity index (χ0) is 13.2. The van der Waals surface area contributed by atoms with Crippen LogP contribution in [-0.4, -0.2) is 28.5 Å². The number of nitrogens with zero attached hydrogens (tertiary/aromatic N) is 1. The smallest absolute Gasteiger partial charge is 0.347 e. The molecule has 0 atom stereocenters. The van der Waals surface area contributed by atoms with Crippen LogP contribution < -0.4 is 11.1 Å². The Morgan fingerprint density at radius 1 is 1.53 bits per heavy atom. The fourth-order valence-electron chi connectivity index (χ4n) is 1.05. The minimum atomic E-state index is -0.998. The van der Waals surface area contributed by atoms with Crippen molar-refractivity contribution in [3.05, 3.63) is 10.6 Å². The molecule has 0 unspecified atom stereocenters. The first-order chi connectivity index (χ1) is 7.74. The summed E-state index contributed by atoms with van der Waals surface area (Å²) >= 11 is 1.05. The Hall–Kier alpha value is -1.63. The van der Waals surface area contributed by atoms with Gasteiger partial charge in [0.1, 0.15) is 4.88 Å². The van der Waals surface area contributed by atoms with E-state index in [4.69, 9.17) is 10.8 Å². The van der Waals surface area contributed by atoms with Gasteiger partial charge in [0, 0.05) is 6.54 Å². The third-order valence-electron chi connectivity index (χ3n) is 2.34. The summed E-state index contributed by atoms with van der Waals surface area (Å²) < 4.78 is 0. The molecule has 0 aromatic carbocycles. The highest BCUT2D eigenvalue weighted by Gasteiger charge is 2.25. The van der Waals surface area contributed by atoms with Crippen molar-refractivity contribution in [2.45, 2.75) is 20.8 Å². The van der Waals surface area contributed by atoms with Gasteiger partial charge in [-0.15, -0.1) is 0 Å². The first kappa shape index (κ1) is 13.4. The maximum Gasteiger partial charge on any atom is 0.347 e. The second-order valence-corrected chi connectivity index (χ2v) is 5.34. The topological polar surface area (TPSA) is 105 Å². The fourth-order valence-corrected chi connectivity index (χ4v) is 1.86. The Balaban J connectivity index is 2.74. The van der Waals surface area contributed by atoms with Gasteiger partial charge < -0.3 is 16.2 Å². The average molecular weight is 257 g/mol. The Labute approximate surface area is 103 Å². The van der Waals surface area contributed by atoms with E-state index in [2.05, 4.69) is 10.3 Å². The number of carbonyl (C=O) groups excluding carboxylic acids is 1. The summed E-state index contributed by atoms with van der Waals surface area (Å²) in [6.07, 6.45) is 0. The maximum absolute atomic E-state index is 11.1. The summed E-state index contributed by atoms with van der Waals surface area (Å²) in [5.41, 5.74) is 4.98. The van der Waals surface area contributed by atoms with E-state index in [-0.39, 0.29) is 4.88 Å². The van der Waals surface area contributed by atoms with Gasteiger partial charge in [0.2, 0.25) is 5.91 Å². The molecule has 0 radical (unpaired) electrons. The third-order valence-corrected chi connectivity index (χ3v) is 3.44. The van der Waals surface area contributed by atoms with Crippen LogP contribution >= 0.6 is 11.3 Å². The van der Waals surface area contributed by atoms with Crippen LogP contribution in [0.3, 0.4) is 0 Å². The van der Waals surface area contributed by atoms with E-state index in [1.807, 2.05) is 0 Å². The molecule has 6 nitrogen and oxygen atoms in total. The molecular weight excluding hydrogens is 242 g/mol. The summed E-state index contributed by atoms with van der Waals surface area (Å²) in [6, 6.07) is 0. The molecule has 7 heteroatoms. The van der Waals surface area contributed by atoms with E-state index in [0.717, 1.165) is 11.3 Å². The van der Waals surface area contributed by atoms with Crippen molar-refractivity contribution in [3.8, 4) is 0 Å². The molecule has 0 bridgehead atoms. The number of carbonyl (C=O) groups is 2. The van der Waals surface area contributed by atoms with E-state index in [9.17, 15) is 9.59 Å². The lowest BCUT2D eigenvalue weighted by molar-refractivity contribution is -0.125. The van der Waals surface area contributed by atoms with E-state index < -0.39 is 17.3 Å². The number of aromatic nitrogens is 1. The van der Waals surface area contributed by atoms with Crippen LogP contribution in [0.25, 0.3) is 0 Å². The average Bonchev–Trinajstić information content (AvgIpc) is 2.57. The second kappa shape index (κ2) is 4.70. The standard InChI is InChI=1S/C10H15N3O3S/c1-5-6(7(14)15)17-9(13-5)12-4-10(2,3)8(11)16/h4H2,1-3H3,(H2,11,16)(H,12,13)(H,14,15). The molecule has 17 heavy (non-hydrogen) atoms.